The number of benzene rings is 6. The zero-order chi connectivity index (χ0) is 40.9. The topological polar surface area (TPSA) is 210 Å². The number of primary amides is 1. The smallest absolute Gasteiger partial charge is 0.252 e. The fraction of sp³-hybridized carbons (Fsp3) is 0.0889. The zero-order valence-electron chi connectivity index (χ0n) is 31.3. The van der Waals surface area contributed by atoms with E-state index in [1.807, 2.05) is 97.1 Å². The quantitative estimate of drug-likeness (QED) is 0.0404. The Labute approximate surface area is 336 Å². The van der Waals surface area contributed by atoms with Gasteiger partial charge in [-0.25, -0.2) is 9.97 Å². The summed E-state index contributed by atoms with van der Waals surface area (Å²) in [6.07, 6.45) is 0.387. The van der Waals surface area contributed by atoms with Crippen molar-refractivity contribution in [3.05, 3.63) is 154 Å². The van der Waals surface area contributed by atoms with E-state index in [0.29, 0.717) is 11.4 Å². The highest BCUT2D eigenvalue weighted by Gasteiger charge is 2.21. The number of hydrogen-bond donors (Lipinski definition) is 5. The van der Waals surface area contributed by atoms with Crippen molar-refractivity contribution in [3.8, 4) is 0 Å². The number of amides is 3. The predicted molar refractivity (Wildman–Crippen MR) is 231 cm³/mol. The third kappa shape index (κ3) is 7.82. The molecule has 59 heavy (non-hydrogen) atoms. The van der Waals surface area contributed by atoms with Crippen LogP contribution in [0.1, 0.15) is 33.6 Å². The predicted octanol–water partition coefficient (Wildman–Crippen LogP) is 9.17. The molecule has 0 aliphatic carbocycles. The lowest BCUT2D eigenvalue weighted by Crippen LogP contribution is -2.44. The summed E-state index contributed by atoms with van der Waals surface area (Å²) in [5.74, 6) is -1.87. The summed E-state index contributed by atoms with van der Waals surface area (Å²) in [6.45, 7) is 0.134. The molecule has 0 radical (unpaired) electrons. The van der Waals surface area contributed by atoms with Gasteiger partial charge in [0.05, 0.1) is 44.8 Å². The molecule has 2 heterocycles. The van der Waals surface area contributed by atoms with E-state index < -0.39 is 23.8 Å². The van der Waals surface area contributed by atoms with Gasteiger partial charge >= 0.3 is 0 Å². The number of nitrogens with two attached hydrogens (primary N) is 1. The average Bonchev–Trinajstić information content (AvgIpc) is 3.27. The van der Waals surface area contributed by atoms with Crippen LogP contribution in [0.5, 0.6) is 0 Å². The second kappa shape index (κ2) is 16.5. The molecule has 0 saturated heterocycles. The maximum Gasteiger partial charge on any atom is 0.252 e. The minimum atomic E-state index is -1.07. The second-order valence-corrected chi connectivity index (χ2v) is 13.8. The van der Waals surface area contributed by atoms with Crippen molar-refractivity contribution in [2.75, 3.05) is 17.2 Å². The molecule has 1 atom stereocenters. The van der Waals surface area contributed by atoms with Crippen LogP contribution in [0.2, 0.25) is 0 Å². The molecule has 2 aromatic heterocycles. The lowest BCUT2D eigenvalue weighted by Gasteiger charge is -2.17. The number of anilines is 4. The molecule has 0 fully saturated rings. The van der Waals surface area contributed by atoms with Crippen LogP contribution in [-0.4, -0.2) is 40.3 Å². The Hall–Kier alpha value is -8.13. The maximum atomic E-state index is 13.3. The minimum Gasteiger partial charge on any atom is -0.368 e. The maximum absolute atomic E-state index is 13.3. The van der Waals surface area contributed by atoms with E-state index in [0.717, 1.165) is 55.0 Å². The molecule has 14 nitrogen and oxygen atoms in total. The van der Waals surface area contributed by atoms with Gasteiger partial charge in [0.25, 0.3) is 11.8 Å². The summed E-state index contributed by atoms with van der Waals surface area (Å²) in [4.78, 5) is 72.3. The molecular formula is C45H35N9O5. The standard InChI is InChI=1S/C45H35N9O5/c46-43(55)38(52-45(57)27-20-22-37(40(25-27)54-59)51-42-30-12-3-7-16-34(30)49-35-17-8-4-13-31(35)42)18-9-23-47-44(56)26-19-21-36(39(24-26)53-58)50-41-28-10-1-5-14-32(28)48-33-15-6-2-11-29(33)41/h1-8,10-17,19-22,24-25,38H,9,18,23H2,(H2,46,55)(H,47,56)(H,48,50)(H,49,51)(H,52,57). The summed E-state index contributed by atoms with van der Waals surface area (Å²) < 4.78 is 0. The Bertz CT molecular complexity index is 2860. The average molecular weight is 782 g/mol. The molecule has 6 N–H and O–H groups in total. The van der Waals surface area contributed by atoms with Gasteiger partial charge < -0.3 is 27.0 Å². The molecule has 0 saturated carbocycles. The first-order valence-electron chi connectivity index (χ1n) is 18.7. The summed E-state index contributed by atoms with van der Waals surface area (Å²) in [6, 6.07) is 38.5. The number of rotatable bonds is 14. The Morgan fingerprint density at radius 2 is 0.966 bits per heavy atom. The summed E-state index contributed by atoms with van der Waals surface area (Å²) >= 11 is 0. The van der Waals surface area contributed by atoms with Crippen molar-refractivity contribution in [1.82, 2.24) is 20.6 Å². The van der Waals surface area contributed by atoms with E-state index in [9.17, 15) is 24.2 Å². The summed E-state index contributed by atoms with van der Waals surface area (Å²) in [7, 11) is 0. The first kappa shape index (κ1) is 37.8. The van der Waals surface area contributed by atoms with Gasteiger partial charge in [-0.05, 0) is 83.9 Å². The summed E-state index contributed by atoms with van der Waals surface area (Å²) in [5.41, 5.74) is 11.3. The lowest BCUT2D eigenvalue weighted by atomic mass is 10.1. The first-order chi connectivity index (χ1) is 28.8. The number of carbonyl (C=O) groups is 3. The molecule has 1 unspecified atom stereocenters. The monoisotopic (exact) mass is 781 g/mol. The number of hydrogen-bond acceptors (Lipinski definition) is 11. The third-order valence-corrected chi connectivity index (χ3v) is 10.0. The molecule has 0 spiro atoms. The van der Waals surface area contributed by atoms with Crippen LogP contribution >= 0.6 is 0 Å². The number of carbonyl (C=O) groups excluding carboxylic acids is 3. The molecular weight excluding hydrogens is 747 g/mol. The molecule has 8 aromatic rings. The van der Waals surface area contributed by atoms with Gasteiger partial charge in [-0.3, -0.25) is 14.4 Å². The summed E-state index contributed by atoms with van der Waals surface area (Å²) in [5, 5.41) is 21.8. The van der Waals surface area contributed by atoms with Crippen LogP contribution in [0.4, 0.5) is 34.1 Å². The molecule has 6 aromatic carbocycles. The number of nitrogens with one attached hydrogen (secondary N) is 4. The number of pyridine rings is 2. The van der Waals surface area contributed by atoms with Gasteiger partial charge in [0.2, 0.25) is 5.91 Å². The molecule has 0 aliphatic heterocycles. The van der Waals surface area contributed by atoms with Crippen molar-refractivity contribution >= 4 is 95.5 Å². The fourth-order valence-corrected chi connectivity index (χ4v) is 7.06. The van der Waals surface area contributed by atoms with Crippen molar-refractivity contribution in [3.63, 3.8) is 0 Å². The van der Waals surface area contributed by atoms with E-state index >= 15 is 0 Å². The van der Waals surface area contributed by atoms with E-state index in [-0.39, 0.29) is 41.9 Å². The van der Waals surface area contributed by atoms with Gasteiger partial charge in [-0.15, -0.1) is 9.81 Å². The third-order valence-electron chi connectivity index (χ3n) is 10.0. The lowest BCUT2D eigenvalue weighted by molar-refractivity contribution is -0.120. The van der Waals surface area contributed by atoms with E-state index in [1.165, 1.54) is 18.2 Å². The first-order valence-corrected chi connectivity index (χ1v) is 18.7. The van der Waals surface area contributed by atoms with Gasteiger partial charge in [-0.1, -0.05) is 72.8 Å². The Morgan fingerprint density at radius 1 is 0.559 bits per heavy atom. The van der Waals surface area contributed by atoms with Crippen molar-refractivity contribution < 1.29 is 14.4 Å². The van der Waals surface area contributed by atoms with E-state index in [2.05, 4.69) is 31.6 Å². The van der Waals surface area contributed by atoms with Gasteiger partial charge in [-0.2, -0.15) is 0 Å². The highest BCUT2D eigenvalue weighted by Crippen LogP contribution is 2.38. The molecule has 14 heteroatoms. The number of fused-ring (bicyclic) bond motifs is 4. The second-order valence-electron chi connectivity index (χ2n) is 13.8. The van der Waals surface area contributed by atoms with Crippen molar-refractivity contribution in [1.29, 1.82) is 0 Å². The molecule has 8 rings (SSSR count). The van der Waals surface area contributed by atoms with Crippen molar-refractivity contribution in [2.24, 2.45) is 16.1 Å². The van der Waals surface area contributed by atoms with Crippen LogP contribution in [0.25, 0.3) is 43.6 Å². The van der Waals surface area contributed by atoms with E-state index in [1.54, 1.807) is 18.2 Å². The van der Waals surface area contributed by atoms with Crippen molar-refractivity contribution in [2.45, 2.75) is 18.9 Å². The highest BCUT2D eigenvalue weighted by molar-refractivity contribution is 6.11. The molecule has 0 bridgehead atoms. The van der Waals surface area contributed by atoms with Gasteiger partial charge in [0.15, 0.2) is 0 Å². The number of nitroso groups, excluding NO2 is 2. The van der Waals surface area contributed by atoms with Crippen LogP contribution in [0.3, 0.4) is 0 Å². The Balaban J connectivity index is 0.902. The number of para-hydroxylation sites is 4. The van der Waals surface area contributed by atoms with Crippen LogP contribution in [0.15, 0.2) is 144 Å². The fourth-order valence-electron chi connectivity index (χ4n) is 7.06. The van der Waals surface area contributed by atoms with Crippen LogP contribution < -0.4 is 27.0 Å². The largest absolute Gasteiger partial charge is 0.368 e. The van der Waals surface area contributed by atoms with Crippen LogP contribution in [-0.2, 0) is 4.79 Å². The van der Waals surface area contributed by atoms with E-state index in [4.69, 9.17) is 15.7 Å². The molecule has 3 amide bonds. The van der Waals surface area contributed by atoms with Gasteiger partial charge in [0.1, 0.15) is 17.4 Å². The Morgan fingerprint density at radius 3 is 1.37 bits per heavy atom. The zero-order valence-corrected chi connectivity index (χ0v) is 31.3. The minimum absolute atomic E-state index is 0.0166. The molecule has 290 valence electrons. The van der Waals surface area contributed by atoms with Gasteiger partial charge in [0, 0.05) is 39.2 Å². The number of aromatic nitrogens is 2. The normalized spacial score (nSPS) is 11.6. The van der Waals surface area contributed by atoms with Crippen LogP contribution in [0, 0.1) is 9.81 Å². The SMILES string of the molecule is NC(=O)C(CCCNC(=O)c1ccc(Nc2c3ccccc3nc3ccccc23)c(N=O)c1)NC(=O)c1ccc(Nc2c3ccccc3nc3ccccc23)c(N=O)c1. The molecule has 0 aliphatic rings. The Kier molecular flexibility index (Phi) is 10.6. The number of nitrogens with zero attached hydrogens (tertiary/aromatic N) is 4. The highest BCUT2D eigenvalue weighted by atomic mass is 16.3.